The maximum absolute atomic E-state index is 13.2. The van der Waals surface area contributed by atoms with E-state index in [1.807, 2.05) is 54.6 Å². The second-order valence-corrected chi connectivity index (χ2v) is 7.49. The van der Waals surface area contributed by atoms with Crippen molar-refractivity contribution in [2.24, 2.45) is 11.8 Å². The lowest BCUT2D eigenvalue weighted by molar-refractivity contribution is 0.102. The van der Waals surface area contributed by atoms with Crippen LogP contribution in [-0.2, 0) is 0 Å². The number of hydrogen-bond donors (Lipinski definition) is 1. The first-order chi connectivity index (χ1) is 13.1. The molecule has 0 aliphatic heterocycles. The van der Waals surface area contributed by atoms with E-state index < -0.39 is 5.89 Å². The molecular formula is C23H22N2O. The van der Waals surface area contributed by atoms with Crippen LogP contribution in [0.2, 0.25) is 0 Å². The molecule has 3 heteroatoms. The Balaban J connectivity index is 1.51. The number of nitrogens with one attached hydrogen (secondary N) is 1. The van der Waals surface area contributed by atoms with Crippen molar-refractivity contribution in [2.45, 2.75) is 31.6 Å². The van der Waals surface area contributed by atoms with Gasteiger partial charge in [-0.1, -0.05) is 42.8 Å². The summed E-state index contributed by atoms with van der Waals surface area (Å²) in [5.41, 5.74) is 2.99. The van der Waals surface area contributed by atoms with Crippen LogP contribution in [0, 0.1) is 11.8 Å². The maximum atomic E-state index is 13.2. The van der Waals surface area contributed by atoms with Crippen LogP contribution < -0.4 is 5.32 Å². The first-order valence-corrected chi connectivity index (χ1v) is 9.40. The van der Waals surface area contributed by atoms with Crippen LogP contribution in [0.3, 0.4) is 0 Å². The average molecular weight is 343 g/mol. The smallest absolute Gasteiger partial charge is 0.256 e. The molecule has 26 heavy (non-hydrogen) atoms. The number of rotatable bonds is 3. The quantitative estimate of drug-likeness (QED) is 0.693. The van der Waals surface area contributed by atoms with Crippen LogP contribution in [0.25, 0.3) is 10.9 Å². The van der Waals surface area contributed by atoms with Crippen LogP contribution >= 0.6 is 0 Å². The van der Waals surface area contributed by atoms with Crippen molar-refractivity contribution >= 4 is 22.5 Å². The van der Waals surface area contributed by atoms with E-state index in [1.165, 1.54) is 6.42 Å². The number of amides is 1. The van der Waals surface area contributed by atoms with Gasteiger partial charge in [0.05, 0.1) is 11.2 Å². The maximum Gasteiger partial charge on any atom is 0.256 e. The zero-order chi connectivity index (χ0) is 18.4. The van der Waals surface area contributed by atoms with E-state index in [0.717, 1.165) is 35.7 Å². The Hall–Kier alpha value is -2.68. The van der Waals surface area contributed by atoms with Gasteiger partial charge < -0.3 is 5.32 Å². The van der Waals surface area contributed by atoms with Gasteiger partial charge in [0.15, 0.2) is 0 Å². The first kappa shape index (κ1) is 14.5. The summed E-state index contributed by atoms with van der Waals surface area (Å²) >= 11 is 0. The van der Waals surface area contributed by atoms with Gasteiger partial charge in [0.2, 0.25) is 0 Å². The molecule has 1 amide bonds. The van der Waals surface area contributed by atoms with Gasteiger partial charge in [-0.2, -0.15) is 0 Å². The number of aromatic nitrogens is 1. The van der Waals surface area contributed by atoms with Crippen LogP contribution in [0.4, 0.5) is 5.69 Å². The van der Waals surface area contributed by atoms with Crippen LogP contribution in [0.5, 0.6) is 0 Å². The third-order valence-electron chi connectivity index (χ3n) is 5.94. The van der Waals surface area contributed by atoms with Crippen molar-refractivity contribution in [3.63, 3.8) is 0 Å². The van der Waals surface area contributed by atoms with Crippen molar-refractivity contribution in [1.29, 1.82) is 0 Å². The lowest BCUT2D eigenvalue weighted by Gasteiger charge is -2.24. The standard InChI is InChI=1S/C23H22N2O/c26-23(25-21-9-3-5-16-6-4-12-24-22(16)21)19-8-2-1-7-18(19)20-14-15-10-11-17(20)13-15/h1-9,12,15,17,20H,10-11,13-14H2,(H,25,26)/i20D. The van der Waals surface area contributed by atoms with Crippen LogP contribution in [0.1, 0.15) is 48.9 Å². The largest absolute Gasteiger partial charge is 0.320 e. The SMILES string of the molecule is [2H]C1(c2ccccc2C(=O)Nc2cccc3cccnc23)CC2CCC1C2. The fourth-order valence-corrected chi connectivity index (χ4v) is 4.74. The van der Waals surface area contributed by atoms with Gasteiger partial charge in [-0.05, 0) is 60.8 Å². The lowest BCUT2D eigenvalue weighted by Crippen LogP contribution is -2.18. The molecule has 1 N–H and O–H groups in total. The van der Waals surface area contributed by atoms with Gasteiger partial charge in [0, 0.05) is 18.5 Å². The molecule has 130 valence electrons. The molecule has 2 aromatic carbocycles. The highest BCUT2D eigenvalue weighted by atomic mass is 16.1. The predicted octanol–water partition coefficient (Wildman–Crippen LogP) is 5.39. The number of pyridine rings is 1. The minimum Gasteiger partial charge on any atom is -0.320 e. The number of carbonyl (C=O) groups excluding carboxylic acids is 1. The van der Waals surface area contributed by atoms with Crippen LogP contribution in [0.15, 0.2) is 60.8 Å². The van der Waals surface area contributed by atoms with Crippen molar-refractivity contribution in [1.82, 2.24) is 4.98 Å². The van der Waals surface area contributed by atoms with E-state index >= 15 is 0 Å². The Labute approximate surface area is 154 Å². The van der Waals surface area contributed by atoms with Gasteiger partial charge >= 0.3 is 0 Å². The Kier molecular flexibility index (Phi) is 3.48. The third kappa shape index (κ3) is 2.59. The van der Waals surface area contributed by atoms with Gasteiger partial charge in [-0.25, -0.2) is 0 Å². The Morgan fingerprint density at radius 1 is 1.04 bits per heavy atom. The van der Waals surface area contributed by atoms with Crippen molar-refractivity contribution < 1.29 is 6.17 Å². The summed E-state index contributed by atoms with van der Waals surface area (Å²) in [6, 6.07) is 17.3. The van der Waals surface area contributed by atoms with E-state index in [4.69, 9.17) is 1.37 Å². The highest BCUT2D eigenvalue weighted by Crippen LogP contribution is 2.53. The molecule has 0 saturated heterocycles. The summed E-state index contributed by atoms with van der Waals surface area (Å²) in [5.74, 6) is 0.230. The summed E-state index contributed by atoms with van der Waals surface area (Å²) in [5, 5.41) is 4.04. The van der Waals surface area contributed by atoms with Crippen molar-refractivity contribution in [2.75, 3.05) is 5.32 Å². The van der Waals surface area contributed by atoms with E-state index in [2.05, 4.69) is 10.3 Å². The number of anilines is 1. The zero-order valence-electron chi connectivity index (χ0n) is 15.6. The molecule has 2 bridgehead atoms. The summed E-state index contributed by atoms with van der Waals surface area (Å²) in [7, 11) is 0. The number of benzene rings is 2. The summed E-state index contributed by atoms with van der Waals surface area (Å²) in [6.45, 7) is 0. The number of carbonyl (C=O) groups is 1. The zero-order valence-corrected chi connectivity index (χ0v) is 14.6. The normalized spacial score (nSPS) is 27.5. The fraction of sp³-hybridized carbons (Fsp3) is 0.304. The molecule has 0 spiro atoms. The fourth-order valence-electron chi connectivity index (χ4n) is 4.74. The average Bonchev–Trinajstić information content (AvgIpc) is 3.29. The lowest BCUT2D eigenvalue weighted by atomic mass is 9.81. The van der Waals surface area contributed by atoms with E-state index in [9.17, 15) is 4.79 Å². The molecule has 0 radical (unpaired) electrons. The van der Waals surface area contributed by atoms with E-state index in [0.29, 0.717) is 23.1 Å². The molecule has 2 saturated carbocycles. The number of nitrogens with zero attached hydrogens (tertiary/aromatic N) is 1. The second kappa shape index (κ2) is 6.24. The summed E-state index contributed by atoms with van der Waals surface area (Å²) in [4.78, 5) is 17.6. The summed E-state index contributed by atoms with van der Waals surface area (Å²) in [6.07, 6.45) is 6.09. The van der Waals surface area contributed by atoms with Gasteiger partial charge in [0.25, 0.3) is 5.91 Å². The Bertz CT molecular complexity index is 1030. The molecule has 3 unspecified atom stereocenters. The molecule has 3 aromatic rings. The van der Waals surface area contributed by atoms with E-state index in [1.54, 1.807) is 6.20 Å². The Morgan fingerprint density at radius 3 is 2.77 bits per heavy atom. The minimum atomic E-state index is -0.631. The highest BCUT2D eigenvalue weighted by molar-refractivity contribution is 6.09. The highest BCUT2D eigenvalue weighted by Gasteiger charge is 2.41. The molecule has 2 aliphatic rings. The second-order valence-electron chi connectivity index (χ2n) is 7.49. The molecular weight excluding hydrogens is 320 g/mol. The Morgan fingerprint density at radius 2 is 1.92 bits per heavy atom. The van der Waals surface area contributed by atoms with Crippen molar-refractivity contribution in [3.05, 3.63) is 71.9 Å². The van der Waals surface area contributed by atoms with Gasteiger partial charge in [-0.3, -0.25) is 9.78 Å². The topological polar surface area (TPSA) is 42.0 Å². The molecule has 2 aliphatic carbocycles. The molecule has 1 aromatic heterocycles. The van der Waals surface area contributed by atoms with E-state index in [-0.39, 0.29) is 5.91 Å². The first-order valence-electron chi connectivity index (χ1n) is 9.90. The van der Waals surface area contributed by atoms with Crippen LogP contribution in [-0.4, -0.2) is 10.9 Å². The number of hydrogen-bond acceptors (Lipinski definition) is 2. The monoisotopic (exact) mass is 343 g/mol. The molecule has 2 fully saturated rings. The van der Waals surface area contributed by atoms with Crippen molar-refractivity contribution in [3.8, 4) is 0 Å². The molecule has 3 atom stereocenters. The third-order valence-corrected chi connectivity index (χ3v) is 5.94. The van der Waals surface area contributed by atoms with Gasteiger partial charge in [-0.15, -0.1) is 0 Å². The number of para-hydroxylation sites is 1. The predicted molar refractivity (Wildman–Crippen MR) is 104 cm³/mol. The summed E-state index contributed by atoms with van der Waals surface area (Å²) < 4.78 is 9.16. The van der Waals surface area contributed by atoms with Gasteiger partial charge in [0.1, 0.15) is 0 Å². The molecule has 5 rings (SSSR count). The number of fused-ring (bicyclic) bond motifs is 3. The molecule has 3 nitrogen and oxygen atoms in total. The molecule has 1 heterocycles. The minimum absolute atomic E-state index is 0.154.